The molecule has 2 aliphatic rings. The Morgan fingerprint density at radius 2 is 2.15 bits per heavy atom. The zero-order valence-corrected chi connectivity index (χ0v) is 15.1. The second-order valence-electron chi connectivity index (χ2n) is 7.10. The highest BCUT2D eigenvalue weighted by Crippen LogP contribution is 2.28. The minimum atomic E-state index is -0.449. The fourth-order valence-electron chi connectivity index (χ4n) is 3.29. The quantitative estimate of drug-likeness (QED) is 0.594. The minimum absolute atomic E-state index is 0.0220. The number of amides is 1. The Hall–Kier alpha value is -2.97. The van der Waals surface area contributed by atoms with E-state index in [0.29, 0.717) is 17.8 Å². The van der Waals surface area contributed by atoms with Gasteiger partial charge in [0, 0.05) is 36.6 Å². The van der Waals surface area contributed by atoms with E-state index in [4.69, 9.17) is 0 Å². The molecule has 1 fully saturated rings. The molecule has 9 nitrogen and oxygen atoms in total. The number of nitrogens with one attached hydrogen (secondary N) is 2. The number of nitro benzene ring substituents is 1. The third-order valence-corrected chi connectivity index (χ3v) is 4.95. The van der Waals surface area contributed by atoms with Crippen molar-refractivity contribution in [2.45, 2.75) is 57.7 Å². The van der Waals surface area contributed by atoms with Crippen LogP contribution in [-0.4, -0.2) is 37.7 Å². The Bertz CT molecular complexity index is 889. The highest BCUT2D eigenvalue weighted by molar-refractivity contribution is 5.96. The molecule has 4 rings (SSSR count). The molecule has 1 aliphatic heterocycles. The highest BCUT2D eigenvalue weighted by atomic mass is 16.6. The lowest BCUT2D eigenvalue weighted by Crippen LogP contribution is -2.32. The molecule has 2 N–H and O–H groups in total. The molecule has 2 aromatic rings. The molecule has 1 aromatic heterocycles. The lowest BCUT2D eigenvalue weighted by molar-refractivity contribution is -0.384. The number of nitrogens with zero attached hydrogens (tertiary/aromatic N) is 4. The zero-order valence-electron chi connectivity index (χ0n) is 15.1. The molecule has 1 unspecified atom stereocenters. The van der Waals surface area contributed by atoms with E-state index in [1.54, 1.807) is 12.1 Å². The van der Waals surface area contributed by atoms with Crippen LogP contribution in [-0.2, 0) is 19.4 Å². The number of hydrogen-bond donors (Lipinski definition) is 2. The Labute approximate surface area is 156 Å². The predicted molar refractivity (Wildman–Crippen MR) is 98.7 cm³/mol. The standard InChI is InChI=1S/C18H22N6O3/c1-2-16-21-17-8-6-13(10-23(17)22-16)19-14-7-3-11(9-15(14)24(26)27)18(25)20-12-4-5-12/h3,7,9,12-13,19H,2,4-6,8,10H2,1H3,(H,20,25). The number of carbonyl (C=O) groups excluding carboxylic acids is 1. The second-order valence-corrected chi connectivity index (χ2v) is 7.10. The van der Waals surface area contributed by atoms with Crippen molar-refractivity contribution >= 4 is 17.3 Å². The molecular formula is C18H22N6O3. The van der Waals surface area contributed by atoms with E-state index >= 15 is 0 Å². The van der Waals surface area contributed by atoms with Gasteiger partial charge in [0.1, 0.15) is 11.5 Å². The van der Waals surface area contributed by atoms with Gasteiger partial charge in [-0.1, -0.05) is 6.92 Å². The molecule has 0 bridgehead atoms. The Morgan fingerprint density at radius 3 is 2.85 bits per heavy atom. The third kappa shape index (κ3) is 3.76. The van der Waals surface area contributed by atoms with E-state index < -0.39 is 4.92 Å². The van der Waals surface area contributed by atoms with Crippen LogP contribution >= 0.6 is 0 Å². The summed E-state index contributed by atoms with van der Waals surface area (Å²) in [6.45, 7) is 2.63. The number of aryl methyl sites for hydroxylation is 2. The zero-order chi connectivity index (χ0) is 19.0. The number of benzene rings is 1. The summed E-state index contributed by atoms with van der Waals surface area (Å²) in [6.07, 6.45) is 4.33. The van der Waals surface area contributed by atoms with E-state index in [1.807, 2.05) is 11.6 Å². The van der Waals surface area contributed by atoms with Crippen molar-refractivity contribution < 1.29 is 9.72 Å². The molecule has 1 aromatic carbocycles. The van der Waals surface area contributed by atoms with Crippen LogP contribution in [0.4, 0.5) is 11.4 Å². The van der Waals surface area contributed by atoms with Crippen LogP contribution in [0.15, 0.2) is 18.2 Å². The van der Waals surface area contributed by atoms with Gasteiger partial charge < -0.3 is 10.6 Å². The number of anilines is 1. The topological polar surface area (TPSA) is 115 Å². The maximum Gasteiger partial charge on any atom is 0.293 e. The first kappa shape index (κ1) is 17.4. The normalized spacial score (nSPS) is 18.6. The van der Waals surface area contributed by atoms with Crippen molar-refractivity contribution in [1.29, 1.82) is 0 Å². The number of rotatable bonds is 6. The van der Waals surface area contributed by atoms with Crippen LogP contribution < -0.4 is 10.6 Å². The van der Waals surface area contributed by atoms with Crippen molar-refractivity contribution in [2.24, 2.45) is 0 Å². The van der Waals surface area contributed by atoms with E-state index in [0.717, 1.165) is 43.8 Å². The van der Waals surface area contributed by atoms with Crippen molar-refractivity contribution in [2.75, 3.05) is 5.32 Å². The van der Waals surface area contributed by atoms with Gasteiger partial charge in [0.25, 0.3) is 11.6 Å². The second kappa shape index (κ2) is 6.98. The Kier molecular flexibility index (Phi) is 4.51. The minimum Gasteiger partial charge on any atom is -0.375 e. The smallest absolute Gasteiger partial charge is 0.293 e. The number of hydrogen-bond acceptors (Lipinski definition) is 6. The summed E-state index contributed by atoms with van der Waals surface area (Å²) in [6, 6.07) is 4.83. The lowest BCUT2D eigenvalue weighted by Gasteiger charge is -2.24. The number of nitro groups is 1. The van der Waals surface area contributed by atoms with Crippen LogP contribution in [0.25, 0.3) is 0 Å². The third-order valence-electron chi connectivity index (χ3n) is 4.95. The van der Waals surface area contributed by atoms with E-state index in [9.17, 15) is 14.9 Å². The number of aromatic nitrogens is 3. The maximum atomic E-state index is 12.2. The molecule has 1 aliphatic carbocycles. The average molecular weight is 370 g/mol. The van der Waals surface area contributed by atoms with Crippen LogP contribution in [0.1, 0.15) is 48.2 Å². The van der Waals surface area contributed by atoms with E-state index in [-0.39, 0.29) is 23.7 Å². The van der Waals surface area contributed by atoms with Gasteiger partial charge in [-0.25, -0.2) is 9.67 Å². The van der Waals surface area contributed by atoms with Crippen LogP contribution in [0.3, 0.4) is 0 Å². The molecular weight excluding hydrogens is 348 g/mol. The monoisotopic (exact) mass is 370 g/mol. The molecule has 0 radical (unpaired) electrons. The van der Waals surface area contributed by atoms with Crippen LogP contribution in [0.5, 0.6) is 0 Å². The molecule has 142 valence electrons. The predicted octanol–water partition coefficient (Wildman–Crippen LogP) is 2.07. The van der Waals surface area contributed by atoms with Gasteiger partial charge in [0.2, 0.25) is 0 Å². The van der Waals surface area contributed by atoms with Crippen molar-refractivity contribution in [3.05, 3.63) is 45.5 Å². The summed E-state index contributed by atoms with van der Waals surface area (Å²) in [5, 5.41) is 22.1. The van der Waals surface area contributed by atoms with Gasteiger partial charge in [-0.15, -0.1) is 0 Å². The summed E-state index contributed by atoms with van der Waals surface area (Å²) in [7, 11) is 0. The fraction of sp³-hybridized carbons (Fsp3) is 0.500. The number of carbonyl (C=O) groups is 1. The molecule has 1 saturated carbocycles. The van der Waals surface area contributed by atoms with Crippen molar-refractivity contribution in [3.63, 3.8) is 0 Å². The summed E-state index contributed by atoms with van der Waals surface area (Å²) in [4.78, 5) is 27.7. The summed E-state index contributed by atoms with van der Waals surface area (Å²) >= 11 is 0. The van der Waals surface area contributed by atoms with Crippen LogP contribution in [0.2, 0.25) is 0 Å². The van der Waals surface area contributed by atoms with Crippen LogP contribution in [0, 0.1) is 10.1 Å². The molecule has 27 heavy (non-hydrogen) atoms. The lowest BCUT2D eigenvalue weighted by atomic mass is 10.1. The number of fused-ring (bicyclic) bond motifs is 1. The fourth-order valence-corrected chi connectivity index (χ4v) is 3.29. The summed E-state index contributed by atoms with van der Waals surface area (Å²) in [5.41, 5.74) is 0.651. The van der Waals surface area contributed by atoms with Gasteiger partial charge in [0.05, 0.1) is 11.5 Å². The van der Waals surface area contributed by atoms with Gasteiger partial charge in [-0.05, 0) is 31.4 Å². The molecule has 0 spiro atoms. The van der Waals surface area contributed by atoms with E-state index in [1.165, 1.54) is 6.07 Å². The maximum absolute atomic E-state index is 12.2. The van der Waals surface area contributed by atoms with Crippen molar-refractivity contribution in [1.82, 2.24) is 20.1 Å². The molecule has 9 heteroatoms. The first-order valence-corrected chi connectivity index (χ1v) is 9.32. The van der Waals surface area contributed by atoms with Gasteiger partial charge in [-0.2, -0.15) is 5.10 Å². The Morgan fingerprint density at radius 1 is 1.33 bits per heavy atom. The van der Waals surface area contributed by atoms with Gasteiger partial charge >= 0.3 is 0 Å². The molecule has 1 atom stereocenters. The molecule has 0 saturated heterocycles. The summed E-state index contributed by atoms with van der Waals surface area (Å²) < 4.78 is 1.88. The summed E-state index contributed by atoms with van der Waals surface area (Å²) in [5.74, 6) is 1.53. The van der Waals surface area contributed by atoms with Gasteiger partial charge in [-0.3, -0.25) is 14.9 Å². The molecule has 2 heterocycles. The molecule has 1 amide bonds. The Balaban J connectivity index is 1.51. The van der Waals surface area contributed by atoms with E-state index in [2.05, 4.69) is 20.7 Å². The SMILES string of the molecule is CCc1nc2n(n1)CC(Nc1ccc(C(=O)NC3CC3)cc1[N+](=O)[O-])CC2. The first-order valence-electron chi connectivity index (χ1n) is 9.32. The average Bonchev–Trinajstić information content (AvgIpc) is 3.37. The first-order chi connectivity index (χ1) is 13.0. The highest BCUT2D eigenvalue weighted by Gasteiger charge is 2.27. The van der Waals surface area contributed by atoms with Gasteiger partial charge in [0.15, 0.2) is 5.82 Å². The van der Waals surface area contributed by atoms with Crippen molar-refractivity contribution in [3.8, 4) is 0 Å². The largest absolute Gasteiger partial charge is 0.375 e.